The fourth-order valence-corrected chi connectivity index (χ4v) is 9.85. The molecule has 71 heavy (non-hydrogen) atoms. The lowest BCUT2D eigenvalue weighted by Crippen LogP contribution is -2.65. The molecule has 9 rings (SSSR count). The smallest absolute Gasteiger partial charge is 0.338 e. The molecule has 0 bridgehead atoms. The molecule has 3 aliphatic heterocycles. The standard InChI is InChI=1S/C56H51NO13S/c1-61-54-50(69-53(60)41-28-16-6-17-29-41)48(68-52(59)40-26-14-5-15-27-40)45(67-51(58)39-24-12-4-13-25-39)43(65-54)34-64-55-49(63-33-38-22-10-3-11-23-38)47(62-32-37-20-8-2-9-21-37)46-44(66-55)35-71-56(36-57,70-46)42-30-18-7-19-31-42/h2-31,43-50,54-55H,32-35H2,1H3/t43-,44-,45-,46-,47+,48+,49+,50-,54+,55-,56+/m1/s1. The van der Waals surface area contributed by atoms with Gasteiger partial charge < -0.3 is 47.4 Å². The van der Waals surface area contributed by atoms with Crippen LogP contribution in [0.2, 0.25) is 0 Å². The molecule has 11 atom stereocenters. The molecule has 6 aromatic rings. The Balaban J connectivity index is 1.07. The number of esters is 3. The monoisotopic (exact) mass is 977 g/mol. The summed E-state index contributed by atoms with van der Waals surface area (Å²) in [4.78, 5) is 40.6. The molecule has 0 amide bonds. The van der Waals surface area contributed by atoms with Crippen molar-refractivity contribution in [2.75, 3.05) is 19.5 Å². The fourth-order valence-electron chi connectivity index (χ4n) is 8.64. The van der Waals surface area contributed by atoms with Crippen LogP contribution in [0, 0.1) is 11.3 Å². The molecule has 3 heterocycles. The molecule has 14 nitrogen and oxygen atoms in total. The van der Waals surface area contributed by atoms with E-state index in [4.69, 9.17) is 47.4 Å². The first-order valence-corrected chi connectivity index (χ1v) is 24.1. The molecule has 0 radical (unpaired) electrons. The molecule has 0 saturated carbocycles. The summed E-state index contributed by atoms with van der Waals surface area (Å²) in [6, 6.07) is 55.7. The molecule has 0 aliphatic carbocycles. The van der Waals surface area contributed by atoms with Gasteiger partial charge in [-0.1, -0.05) is 146 Å². The molecule has 364 valence electrons. The zero-order valence-corrected chi connectivity index (χ0v) is 39.4. The van der Waals surface area contributed by atoms with Crippen LogP contribution >= 0.6 is 11.8 Å². The molecule has 0 spiro atoms. The normalized spacial score (nSPS) is 27.0. The highest BCUT2D eigenvalue weighted by molar-refractivity contribution is 8.00. The second kappa shape index (κ2) is 23.5. The maximum absolute atomic E-state index is 14.1. The highest BCUT2D eigenvalue weighted by Gasteiger charge is 2.57. The lowest BCUT2D eigenvalue weighted by molar-refractivity contribution is -0.340. The van der Waals surface area contributed by atoms with Gasteiger partial charge in [-0.2, -0.15) is 5.26 Å². The van der Waals surface area contributed by atoms with Crippen LogP contribution in [-0.2, 0) is 65.5 Å². The van der Waals surface area contributed by atoms with Crippen LogP contribution in [0.1, 0.15) is 47.8 Å². The molecule has 3 saturated heterocycles. The van der Waals surface area contributed by atoms with E-state index in [0.29, 0.717) is 11.3 Å². The first-order valence-electron chi connectivity index (χ1n) is 23.2. The molecule has 3 aliphatic rings. The summed E-state index contributed by atoms with van der Waals surface area (Å²) in [6.07, 6.45) is -11.7. The number of thioether (sulfide) groups is 1. The van der Waals surface area contributed by atoms with Gasteiger partial charge in [0.05, 0.1) is 42.6 Å². The molecule has 3 fully saturated rings. The topological polar surface area (TPSA) is 167 Å². The summed E-state index contributed by atoms with van der Waals surface area (Å²) in [6.45, 7) is -0.0996. The lowest BCUT2D eigenvalue weighted by Gasteiger charge is -2.51. The van der Waals surface area contributed by atoms with Gasteiger partial charge in [-0.3, -0.25) is 0 Å². The van der Waals surface area contributed by atoms with Crippen molar-refractivity contribution < 1.29 is 61.8 Å². The Hall–Kier alpha value is -6.71. The van der Waals surface area contributed by atoms with Crippen molar-refractivity contribution in [3.8, 4) is 6.07 Å². The number of fused-ring (bicyclic) bond motifs is 1. The van der Waals surface area contributed by atoms with Crippen LogP contribution in [-0.4, -0.2) is 98.8 Å². The largest absolute Gasteiger partial charge is 0.452 e. The van der Waals surface area contributed by atoms with Crippen LogP contribution in [0.25, 0.3) is 0 Å². The Labute approximate surface area is 415 Å². The second-order valence-corrected chi connectivity index (χ2v) is 18.1. The van der Waals surface area contributed by atoms with Crippen LogP contribution < -0.4 is 0 Å². The molecule has 0 N–H and O–H groups in total. The predicted octanol–water partition coefficient (Wildman–Crippen LogP) is 8.46. The fraction of sp³-hybridized carbons (Fsp3) is 0.286. The molecule has 15 heteroatoms. The van der Waals surface area contributed by atoms with Gasteiger partial charge in [-0.05, 0) is 47.5 Å². The van der Waals surface area contributed by atoms with Gasteiger partial charge >= 0.3 is 17.9 Å². The van der Waals surface area contributed by atoms with E-state index in [-0.39, 0.29) is 36.5 Å². The van der Waals surface area contributed by atoms with Crippen LogP contribution in [0.3, 0.4) is 0 Å². The Kier molecular flexibility index (Phi) is 16.3. The van der Waals surface area contributed by atoms with Crippen LogP contribution in [0.4, 0.5) is 0 Å². The minimum Gasteiger partial charge on any atom is -0.452 e. The summed E-state index contributed by atoms with van der Waals surface area (Å²) in [5.41, 5.74) is 3.00. The average molecular weight is 978 g/mol. The van der Waals surface area contributed by atoms with Crippen molar-refractivity contribution >= 4 is 29.7 Å². The number of carbonyl (C=O) groups is 3. The van der Waals surface area contributed by atoms with Crippen molar-refractivity contribution in [1.29, 1.82) is 5.26 Å². The first-order chi connectivity index (χ1) is 34.8. The van der Waals surface area contributed by atoms with E-state index in [1.165, 1.54) is 18.9 Å². The van der Waals surface area contributed by atoms with E-state index in [9.17, 15) is 19.6 Å². The third-order valence-electron chi connectivity index (χ3n) is 12.2. The van der Waals surface area contributed by atoms with Gasteiger partial charge in [0, 0.05) is 18.4 Å². The summed E-state index contributed by atoms with van der Waals surface area (Å²) in [5.74, 6) is -2.03. The quantitative estimate of drug-likeness (QED) is 0.0630. The third kappa shape index (κ3) is 11.7. The summed E-state index contributed by atoms with van der Waals surface area (Å²) in [5, 5.41) is 10.8. The van der Waals surface area contributed by atoms with E-state index < -0.39 is 84.3 Å². The number of rotatable bonds is 17. The zero-order chi connectivity index (χ0) is 49.0. The van der Waals surface area contributed by atoms with Crippen molar-refractivity contribution in [3.05, 3.63) is 215 Å². The van der Waals surface area contributed by atoms with E-state index in [0.717, 1.165) is 11.1 Å². The number of carbonyl (C=O) groups excluding carboxylic acids is 3. The van der Waals surface area contributed by atoms with E-state index in [1.807, 2.05) is 91.0 Å². The third-order valence-corrected chi connectivity index (χ3v) is 13.5. The zero-order valence-electron chi connectivity index (χ0n) is 38.6. The highest BCUT2D eigenvalue weighted by Crippen LogP contribution is 2.47. The average Bonchev–Trinajstić information content (AvgIpc) is 3.43. The first kappa shape index (κ1) is 49.3. The number of ether oxygens (including phenoxy) is 10. The number of methoxy groups -OCH3 is 1. The maximum atomic E-state index is 14.1. The van der Waals surface area contributed by atoms with E-state index in [1.54, 1.807) is 91.0 Å². The SMILES string of the molecule is CO[C@H]1O[C@H](CO[C@@H]2O[C@@H]3CS[C@@](C#N)(c4ccccc4)O[C@H]3[C@H](OCc3ccccc3)[C@@H]2OCc2ccccc2)[C@@H](OC(=O)c2ccccc2)[C@H](OC(=O)c2ccccc2)[C@H]1OC(=O)c1ccccc1. The van der Waals surface area contributed by atoms with Crippen molar-refractivity contribution in [2.24, 2.45) is 0 Å². The van der Waals surface area contributed by atoms with Gasteiger partial charge in [-0.15, -0.1) is 11.8 Å². The Morgan fingerprint density at radius 3 is 1.49 bits per heavy atom. The summed E-state index contributed by atoms with van der Waals surface area (Å²) >= 11 is 1.29. The number of nitriles is 1. The van der Waals surface area contributed by atoms with Gasteiger partial charge in [-0.25, -0.2) is 14.4 Å². The number of hydrogen-bond acceptors (Lipinski definition) is 15. The molecule has 0 aromatic heterocycles. The van der Waals surface area contributed by atoms with E-state index in [2.05, 4.69) is 6.07 Å². The van der Waals surface area contributed by atoms with Crippen LogP contribution in [0.15, 0.2) is 182 Å². The van der Waals surface area contributed by atoms with Gasteiger partial charge in [0.2, 0.25) is 4.93 Å². The van der Waals surface area contributed by atoms with Crippen LogP contribution in [0.5, 0.6) is 0 Å². The van der Waals surface area contributed by atoms with Crippen molar-refractivity contribution in [2.45, 2.75) is 79.6 Å². The molecular formula is C56H51NO13S. The van der Waals surface area contributed by atoms with Gasteiger partial charge in [0.1, 0.15) is 30.5 Å². The summed E-state index contributed by atoms with van der Waals surface area (Å²) in [7, 11) is 1.35. The Morgan fingerprint density at radius 2 is 1.00 bits per heavy atom. The second-order valence-electron chi connectivity index (χ2n) is 16.9. The molecule has 0 unspecified atom stereocenters. The summed E-state index contributed by atoms with van der Waals surface area (Å²) < 4.78 is 65.0. The predicted molar refractivity (Wildman–Crippen MR) is 258 cm³/mol. The Morgan fingerprint density at radius 1 is 0.549 bits per heavy atom. The Bertz CT molecular complexity index is 2700. The van der Waals surface area contributed by atoms with Gasteiger partial charge in [0.25, 0.3) is 0 Å². The number of benzene rings is 6. The lowest BCUT2D eigenvalue weighted by atomic mass is 9.96. The highest BCUT2D eigenvalue weighted by atomic mass is 32.2. The number of hydrogen-bond donors (Lipinski definition) is 0. The van der Waals surface area contributed by atoms with E-state index >= 15 is 0 Å². The minimum absolute atomic E-state index is 0.114. The number of nitrogens with zero attached hydrogens (tertiary/aromatic N) is 1. The van der Waals surface area contributed by atoms with Crippen molar-refractivity contribution in [1.82, 2.24) is 0 Å². The van der Waals surface area contributed by atoms with Gasteiger partial charge in [0.15, 0.2) is 30.9 Å². The minimum atomic E-state index is -1.51. The molecular weight excluding hydrogens is 927 g/mol. The van der Waals surface area contributed by atoms with Crippen molar-refractivity contribution in [3.63, 3.8) is 0 Å². The maximum Gasteiger partial charge on any atom is 0.338 e. The molecule has 6 aromatic carbocycles.